The largest absolute Gasteiger partial charge is 0.449 e. The molecule has 0 amide bonds. The zero-order valence-corrected chi connectivity index (χ0v) is 9.86. The van der Waals surface area contributed by atoms with Crippen molar-refractivity contribution in [2.75, 3.05) is 0 Å². The number of ether oxygens (including phenoxy) is 1. The van der Waals surface area contributed by atoms with Gasteiger partial charge in [0.15, 0.2) is 0 Å². The van der Waals surface area contributed by atoms with Gasteiger partial charge < -0.3 is 10.1 Å². The molecular weight excluding hydrogens is 196 g/mol. The molecule has 2 unspecified atom stereocenters. The molecule has 0 bridgehead atoms. The molecule has 1 fully saturated rings. The van der Waals surface area contributed by atoms with Crippen LogP contribution in [0.25, 0.3) is 0 Å². The van der Waals surface area contributed by atoms with Crippen LogP contribution >= 0.6 is 12.2 Å². The SMILES string of the molecule is CCC1(C#N)OC(=S)NC(C)(C)C1C. The fourth-order valence-corrected chi connectivity index (χ4v) is 2.22. The van der Waals surface area contributed by atoms with Crippen molar-refractivity contribution in [2.24, 2.45) is 5.92 Å². The maximum absolute atomic E-state index is 9.20. The Hall–Kier alpha value is -0.820. The van der Waals surface area contributed by atoms with Crippen molar-refractivity contribution in [3.05, 3.63) is 0 Å². The lowest BCUT2D eigenvalue weighted by molar-refractivity contribution is -0.0148. The summed E-state index contributed by atoms with van der Waals surface area (Å²) in [7, 11) is 0. The molecule has 0 radical (unpaired) electrons. The summed E-state index contributed by atoms with van der Waals surface area (Å²) in [4.78, 5) is 0. The minimum atomic E-state index is -0.772. The third-order valence-electron chi connectivity index (χ3n) is 3.20. The van der Waals surface area contributed by atoms with E-state index < -0.39 is 5.60 Å². The van der Waals surface area contributed by atoms with Crippen LogP contribution in [0.2, 0.25) is 0 Å². The zero-order valence-electron chi connectivity index (χ0n) is 9.05. The van der Waals surface area contributed by atoms with Crippen molar-refractivity contribution in [3.63, 3.8) is 0 Å². The summed E-state index contributed by atoms with van der Waals surface area (Å²) in [5.74, 6) is 0.0942. The van der Waals surface area contributed by atoms with Crippen molar-refractivity contribution in [1.82, 2.24) is 5.32 Å². The summed E-state index contributed by atoms with van der Waals surface area (Å²) < 4.78 is 5.48. The van der Waals surface area contributed by atoms with E-state index in [0.29, 0.717) is 11.6 Å². The second-order valence-electron chi connectivity index (χ2n) is 4.31. The standard InChI is InChI=1S/C10H16N2OS/c1-5-10(6-11)7(2)9(3,4)12-8(14)13-10/h7H,5H2,1-4H3,(H,12,14). The summed E-state index contributed by atoms with van der Waals surface area (Å²) in [6.07, 6.45) is 0.649. The Balaban J connectivity index is 3.08. The normalized spacial score (nSPS) is 35.4. The number of thiocarbonyl (C=S) groups is 1. The van der Waals surface area contributed by atoms with Crippen LogP contribution in [-0.4, -0.2) is 16.3 Å². The van der Waals surface area contributed by atoms with Gasteiger partial charge in [0.1, 0.15) is 6.07 Å². The molecule has 0 spiro atoms. The van der Waals surface area contributed by atoms with Crippen LogP contribution in [0.15, 0.2) is 0 Å². The minimum absolute atomic E-state index is 0.0942. The Morgan fingerprint density at radius 2 is 2.21 bits per heavy atom. The third-order valence-corrected chi connectivity index (χ3v) is 3.38. The van der Waals surface area contributed by atoms with E-state index in [2.05, 4.69) is 11.4 Å². The first kappa shape index (κ1) is 11.3. The summed E-state index contributed by atoms with van der Waals surface area (Å²) in [5.41, 5.74) is -0.965. The van der Waals surface area contributed by atoms with Gasteiger partial charge in [-0.05, 0) is 32.5 Å². The second kappa shape index (κ2) is 3.39. The number of nitrogens with zero attached hydrogens (tertiary/aromatic N) is 1. The van der Waals surface area contributed by atoms with E-state index in [1.807, 2.05) is 27.7 Å². The highest BCUT2D eigenvalue weighted by Crippen LogP contribution is 2.36. The Morgan fingerprint density at radius 3 is 2.64 bits per heavy atom. The minimum Gasteiger partial charge on any atom is -0.449 e. The van der Waals surface area contributed by atoms with Gasteiger partial charge in [0, 0.05) is 11.5 Å². The molecule has 1 rings (SSSR count). The maximum Gasteiger partial charge on any atom is 0.258 e. The Bertz CT molecular complexity index is 295. The third kappa shape index (κ3) is 1.57. The Labute approximate surface area is 90.4 Å². The van der Waals surface area contributed by atoms with Crippen molar-refractivity contribution >= 4 is 17.4 Å². The molecule has 1 heterocycles. The molecule has 1 aliphatic heterocycles. The van der Waals surface area contributed by atoms with Gasteiger partial charge in [0.25, 0.3) is 5.17 Å². The first-order chi connectivity index (χ1) is 6.38. The van der Waals surface area contributed by atoms with Gasteiger partial charge in [-0.25, -0.2) is 0 Å². The van der Waals surface area contributed by atoms with Crippen LogP contribution in [0.5, 0.6) is 0 Å². The van der Waals surface area contributed by atoms with Crippen molar-refractivity contribution in [1.29, 1.82) is 5.26 Å². The number of nitrogens with one attached hydrogen (secondary N) is 1. The van der Waals surface area contributed by atoms with Crippen LogP contribution in [0.3, 0.4) is 0 Å². The van der Waals surface area contributed by atoms with Crippen LogP contribution in [0, 0.1) is 17.2 Å². The van der Waals surface area contributed by atoms with E-state index >= 15 is 0 Å². The maximum atomic E-state index is 9.20. The van der Waals surface area contributed by atoms with Gasteiger partial charge in [-0.2, -0.15) is 5.26 Å². The molecule has 0 aliphatic carbocycles. The average Bonchev–Trinajstić information content (AvgIpc) is 2.11. The molecule has 0 aromatic carbocycles. The quantitative estimate of drug-likeness (QED) is 0.675. The molecule has 0 aromatic rings. The summed E-state index contributed by atoms with van der Waals surface area (Å²) in [5, 5.41) is 12.6. The van der Waals surface area contributed by atoms with Crippen molar-refractivity contribution in [3.8, 4) is 6.07 Å². The number of hydrogen-bond acceptors (Lipinski definition) is 3. The van der Waals surface area contributed by atoms with E-state index in [1.54, 1.807) is 0 Å². The summed E-state index contributed by atoms with van der Waals surface area (Å²) in [6, 6.07) is 2.25. The molecule has 1 aliphatic rings. The molecule has 78 valence electrons. The Kier molecular flexibility index (Phi) is 2.73. The monoisotopic (exact) mass is 212 g/mol. The predicted molar refractivity (Wildman–Crippen MR) is 58.7 cm³/mol. The van der Waals surface area contributed by atoms with Crippen molar-refractivity contribution < 1.29 is 4.74 Å². The zero-order chi connectivity index (χ0) is 11.0. The van der Waals surface area contributed by atoms with E-state index in [4.69, 9.17) is 17.0 Å². The van der Waals surface area contributed by atoms with E-state index in [0.717, 1.165) is 0 Å². The highest BCUT2D eigenvalue weighted by molar-refractivity contribution is 7.80. The highest BCUT2D eigenvalue weighted by atomic mass is 32.1. The average molecular weight is 212 g/mol. The Morgan fingerprint density at radius 1 is 1.64 bits per heavy atom. The molecule has 1 saturated heterocycles. The molecular formula is C10H16N2OS. The highest BCUT2D eigenvalue weighted by Gasteiger charge is 2.50. The fourth-order valence-electron chi connectivity index (χ4n) is 1.81. The predicted octanol–water partition coefficient (Wildman–Crippen LogP) is 1.98. The fraction of sp³-hybridized carbons (Fsp3) is 0.800. The van der Waals surface area contributed by atoms with Gasteiger partial charge in [-0.15, -0.1) is 0 Å². The first-order valence-corrected chi connectivity index (χ1v) is 5.21. The molecule has 0 aromatic heterocycles. The second-order valence-corrected chi connectivity index (χ2v) is 4.68. The molecule has 3 nitrogen and oxygen atoms in total. The first-order valence-electron chi connectivity index (χ1n) is 4.80. The number of rotatable bonds is 1. The molecule has 0 saturated carbocycles. The summed E-state index contributed by atoms with van der Waals surface area (Å²) in [6.45, 7) is 8.04. The smallest absolute Gasteiger partial charge is 0.258 e. The van der Waals surface area contributed by atoms with Gasteiger partial charge in [0.05, 0.1) is 0 Å². The lowest BCUT2D eigenvalue weighted by atomic mass is 9.74. The van der Waals surface area contributed by atoms with Gasteiger partial charge in [-0.3, -0.25) is 0 Å². The molecule has 14 heavy (non-hydrogen) atoms. The van der Waals surface area contributed by atoms with E-state index in [9.17, 15) is 5.26 Å². The molecule has 4 heteroatoms. The van der Waals surface area contributed by atoms with Crippen LogP contribution in [-0.2, 0) is 4.74 Å². The number of hydrogen-bond donors (Lipinski definition) is 1. The topological polar surface area (TPSA) is 45.0 Å². The van der Waals surface area contributed by atoms with E-state index in [-0.39, 0.29) is 11.5 Å². The van der Waals surface area contributed by atoms with Crippen LogP contribution < -0.4 is 5.32 Å². The van der Waals surface area contributed by atoms with Gasteiger partial charge >= 0.3 is 0 Å². The van der Waals surface area contributed by atoms with Gasteiger partial charge in [0.2, 0.25) is 5.60 Å². The lowest BCUT2D eigenvalue weighted by Crippen LogP contribution is -2.63. The molecule has 2 atom stereocenters. The van der Waals surface area contributed by atoms with Crippen molar-refractivity contribution in [2.45, 2.75) is 45.3 Å². The van der Waals surface area contributed by atoms with Crippen LogP contribution in [0.1, 0.15) is 34.1 Å². The molecule has 1 N–H and O–H groups in total. The lowest BCUT2D eigenvalue weighted by Gasteiger charge is -2.47. The van der Waals surface area contributed by atoms with Gasteiger partial charge in [-0.1, -0.05) is 13.8 Å². The van der Waals surface area contributed by atoms with E-state index in [1.165, 1.54) is 0 Å². The number of nitriles is 1. The van der Waals surface area contributed by atoms with Crippen LogP contribution in [0.4, 0.5) is 0 Å². The summed E-state index contributed by atoms with van der Waals surface area (Å²) >= 11 is 5.00.